The third-order valence-electron chi connectivity index (χ3n) is 7.59. The monoisotopic (exact) mass is 642 g/mol. The first-order chi connectivity index (χ1) is 22.6. The molecule has 3 aromatic heterocycles. The van der Waals surface area contributed by atoms with Crippen LogP contribution in [0.2, 0.25) is 0 Å². The molecule has 0 bridgehead atoms. The Labute approximate surface area is 270 Å². The number of rotatable bonds is 14. The van der Waals surface area contributed by atoms with Crippen LogP contribution in [-0.2, 0) is 19.6 Å². The van der Waals surface area contributed by atoms with Gasteiger partial charge in [-0.25, -0.2) is 9.97 Å². The van der Waals surface area contributed by atoms with Crippen LogP contribution in [0.15, 0.2) is 42.5 Å². The highest BCUT2D eigenvalue weighted by Crippen LogP contribution is 2.32. The molecule has 5 aromatic rings. The summed E-state index contributed by atoms with van der Waals surface area (Å²) in [5.41, 5.74) is 21.1. The fourth-order valence-electron chi connectivity index (χ4n) is 5.31. The Morgan fingerprint density at radius 2 is 1.51 bits per heavy atom. The minimum atomic E-state index is -0.640. The number of carbonyl (C=O) groups excluding carboxylic acids is 3. The van der Waals surface area contributed by atoms with Gasteiger partial charge in [-0.1, -0.05) is 25.5 Å². The second-order valence-corrected chi connectivity index (χ2v) is 10.9. The first-order valence-corrected chi connectivity index (χ1v) is 15.2. The van der Waals surface area contributed by atoms with Crippen molar-refractivity contribution >= 4 is 51.7 Å². The van der Waals surface area contributed by atoms with Crippen LogP contribution >= 0.6 is 0 Å². The lowest BCUT2D eigenvalue weighted by Gasteiger charge is -2.12. The quantitative estimate of drug-likeness (QED) is 0.103. The predicted octanol–water partition coefficient (Wildman–Crippen LogP) is 3.39. The van der Waals surface area contributed by atoms with Crippen LogP contribution in [0, 0.1) is 6.92 Å². The molecule has 15 heteroatoms. The van der Waals surface area contributed by atoms with Crippen LogP contribution in [0.5, 0.6) is 11.5 Å². The number of allylic oxidation sites excluding steroid dienone is 2. The summed E-state index contributed by atoms with van der Waals surface area (Å²) in [6.45, 7) is 7.29. The first-order valence-electron chi connectivity index (χ1n) is 15.2. The number of carbonyl (C=O) groups is 3. The standard InChI is InChI=1S/C32H38N10O5/c1-5-7-12-47-25-17-20(29(34)44)14-21-27(25)40(31(35)36-21)10-8-9-11-41-26-22(15-19(28(33)43)16-24(26)46-4)37-32(41)38-30(45)23-13-18(3)39-42(23)6-2/h8-9,13-17H,5-7,10-12H2,1-4H3,(H2,33,43)(H2,34,44)(H2,35,36)(H,37,38,45)/b9-8+. The molecule has 0 saturated heterocycles. The van der Waals surface area contributed by atoms with E-state index in [4.69, 9.17) is 26.7 Å². The molecule has 0 aliphatic heterocycles. The molecule has 0 aliphatic rings. The van der Waals surface area contributed by atoms with Gasteiger partial charge in [-0.2, -0.15) is 5.10 Å². The number of hydrogen-bond donors (Lipinski definition) is 4. The van der Waals surface area contributed by atoms with Gasteiger partial charge in [-0.05, 0) is 50.6 Å². The van der Waals surface area contributed by atoms with Crippen LogP contribution in [0.4, 0.5) is 11.9 Å². The normalized spacial score (nSPS) is 11.5. The second kappa shape index (κ2) is 13.6. The minimum absolute atomic E-state index is 0.214. The Balaban J connectivity index is 1.51. The molecule has 0 radical (unpaired) electrons. The van der Waals surface area contributed by atoms with Crippen LogP contribution in [0.1, 0.15) is 63.6 Å². The number of fused-ring (bicyclic) bond motifs is 2. The third-order valence-corrected chi connectivity index (χ3v) is 7.59. The fourth-order valence-corrected chi connectivity index (χ4v) is 5.31. The van der Waals surface area contributed by atoms with E-state index in [0.29, 0.717) is 64.7 Å². The zero-order chi connectivity index (χ0) is 33.8. The zero-order valence-electron chi connectivity index (χ0n) is 26.7. The number of nitrogens with zero attached hydrogens (tertiary/aromatic N) is 6. The molecule has 7 N–H and O–H groups in total. The Bertz CT molecular complexity index is 2020. The number of methoxy groups -OCH3 is 1. The highest BCUT2D eigenvalue weighted by Gasteiger charge is 2.22. The third kappa shape index (κ3) is 6.59. The van der Waals surface area contributed by atoms with E-state index in [9.17, 15) is 14.4 Å². The van der Waals surface area contributed by atoms with Gasteiger partial charge < -0.3 is 35.8 Å². The van der Waals surface area contributed by atoms with E-state index in [2.05, 4.69) is 27.3 Å². The van der Waals surface area contributed by atoms with E-state index in [1.807, 2.05) is 26.0 Å². The van der Waals surface area contributed by atoms with E-state index in [1.54, 1.807) is 38.1 Å². The predicted molar refractivity (Wildman–Crippen MR) is 178 cm³/mol. The first kappa shape index (κ1) is 32.5. The van der Waals surface area contributed by atoms with Gasteiger partial charge in [0.05, 0.1) is 30.4 Å². The van der Waals surface area contributed by atoms with Gasteiger partial charge in [-0.3, -0.25) is 24.4 Å². The van der Waals surface area contributed by atoms with E-state index in [-0.39, 0.29) is 29.6 Å². The Morgan fingerprint density at radius 3 is 2.13 bits per heavy atom. The summed E-state index contributed by atoms with van der Waals surface area (Å²) in [6.07, 6.45) is 5.52. The molecule has 0 saturated carbocycles. The number of hydrogen-bond acceptors (Lipinski definition) is 9. The molecule has 3 heterocycles. The lowest BCUT2D eigenvalue weighted by atomic mass is 10.1. The van der Waals surface area contributed by atoms with Crippen molar-refractivity contribution in [2.75, 3.05) is 24.8 Å². The summed E-state index contributed by atoms with van der Waals surface area (Å²) in [7, 11) is 1.48. The van der Waals surface area contributed by atoms with E-state index < -0.39 is 17.7 Å². The topological polar surface area (TPSA) is 213 Å². The van der Waals surface area contributed by atoms with Crippen molar-refractivity contribution in [3.8, 4) is 11.5 Å². The van der Waals surface area contributed by atoms with E-state index in [1.165, 1.54) is 13.2 Å². The van der Waals surface area contributed by atoms with Crippen molar-refractivity contribution in [2.24, 2.45) is 11.5 Å². The second-order valence-electron chi connectivity index (χ2n) is 10.9. The van der Waals surface area contributed by atoms with Crippen LogP contribution < -0.4 is 32.0 Å². The van der Waals surface area contributed by atoms with Crippen LogP contribution in [0.3, 0.4) is 0 Å². The Hall–Kier alpha value is -5.86. The number of primary amides is 2. The van der Waals surface area contributed by atoms with Crippen LogP contribution in [-0.4, -0.2) is 60.3 Å². The van der Waals surface area contributed by atoms with Crippen molar-refractivity contribution in [3.05, 3.63) is 65.0 Å². The molecule has 5 rings (SSSR count). The molecule has 0 aliphatic carbocycles. The van der Waals surface area contributed by atoms with Crippen molar-refractivity contribution in [3.63, 3.8) is 0 Å². The van der Waals surface area contributed by atoms with Gasteiger partial charge in [0.25, 0.3) is 5.91 Å². The SMILES string of the molecule is CCCCOc1cc(C(N)=O)cc2nc(N)n(C/C=C/Cn3c(NC(=O)c4cc(C)nn4CC)nc4cc(C(N)=O)cc(OC)c43)c12. The number of unbranched alkanes of at least 4 members (excludes halogenated alkanes) is 1. The average Bonchev–Trinajstić information content (AvgIpc) is 3.70. The molecule has 246 valence electrons. The lowest BCUT2D eigenvalue weighted by molar-refractivity contribution is 0.0991. The van der Waals surface area contributed by atoms with Crippen molar-refractivity contribution in [1.82, 2.24) is 28.9 Å². The highest BCUT2D eigenvalue weighted by molar-refractivity contribution is 6.04. The number of ether oxygens (including phenoxy) is 2. The highest BCUT2D eigenvalue weighted by atomic mass is 16.5. The van der Waals surface area contributed by atoms with Crippen molar-refractivity contribution < 1.29 is 23.9 Å². The average molecular weight is 643 g/mol. The molecule has 2 aromatic carbocycles. The minimum Gasteiger partial charge on any atom is -0.494 e. The van der Waals surface area contributed by atoms with Crippen molar-refractivity contribution in [2.45, 2.75) is 53.2 Å². The largest absolute Gasteiger partial charge is 0.494 e. The number of aromatic nitrogens is 6. The maximum Gasteiger partial charge on any atom is 0.276 e. The van der Waals surface area contributed by atoms with Gasteiger partial charge in [-0.15, -0.1) is 0 Å². The molecule has 15 nitrogen and oxygen atoms in total. The maximum atomic E-state index is 13.4. The lowest BCUT2D eigenvalue weighted by Crippen LogP contribution is -2.20. The molecule has 0 fully saturated rings. The summed E-state index contributed by atoms with van der Waals surface area (Å²) < 4.78 is 16.8. The summed E-state index contributed by atoms with van der Waals surface area (Å²) in [5.74, 6) is -0.348. The van der Waals surface area contributed by atoms with Gasteiger partial charge in [0.15, 0.2) is 0 Å². The molecule has 3 amide bonds. The van der Waals surface area contributed by atoms with E-state index >= 15 is 0 Å². The Morgan fingerprint density at radius 1 is 0.894 bits per heavy atom. The molecule has 0 unspecified atom stereocenters. The zero-order valence-corrected chi connectivity index (χ0v) is 26.7. The number of amides is 3. The van der Waals surface area contributed by atoms with Gasteiger partial charge >= 0.3 is 0 Å². The smallest absolute Gasteiger partial charge is 0.276 e. The molecular weight excluding hydrogens is 604 g/mol. The maximum absolute atomic E-state index is 13.4. The number of anilines is 2. The number of benzene rings is 2. The van der Waals surface area contributed by atoms with Gasteiger partial charge in [0.2, 0.25) is 23.7 Å². The fraction of sp³-hybridized carbons (Fsp3) is 0.312. The van der Waals surface area contributed by atoms with Gasteiger partial charge in [0, 0.05) is 30.8 Å². The molecule has 0 spiro atoms. The Kier molecular flexibility index (Phi) is 9.44. The number of imidazole rings is 2. The number of nitrogens with two attached hydrogens (primary N) is 3. The summed E-state index contributed by atoms with van der Waals surface area (Å²) in [4.78, 5) is 46.5. The van der Waals surface area contributed by atoms with Crippen molar-refractivity contribution in [1.29, 1.82) is 0 Å². The van der Waals surface area contributed by atoms with Gasteiger partial charge in [0.1, 0.15) is 28.2 Å². The van der Waals surface area contributed by atoms with Crippen LogP contribution in [0.25, 0.3) is 22.1 Å². The molecule has 47 heavy (non-hydrogen) atoms. The number of aryl methyl sites for hydroxylation is 2. The molecular formula is C32H38N10O5. The van der Waals surface area contributed by atoms with E-state index in [0.717, 1.165) is 12.8 Å². The number of nitrogen functional groups attached to an aromatic ring is 1. The molecule has 0 atom stereocenters. The summed E-state index contributed by atoms with van der Waals surface area (Å²) in [5, 5.41) is 7.26. The summed E-state index contributed by atoms with van der Waals surface area (Å²) in [6, 6.07) is 7.98. The number of nitrogens with one attached hydrogen (secondary N) is 1. The summed E-state index contributed by atoms with van der Waals surface area (Å²) >= 11 is 0.